The summed E-state index contributed by atoms with van der Waals surface area (Å²) in [4.78, 5) is 25.3. The monoisotopic (exact) mass is 507 g/mol. The number of carbonyl (C=O) groups is 2. The van der Waals surface area contributed by atoms with Gasteiger partial charge in [0.2, 0.25) is 11.7 Å². The van der Waals surface area contributed by atoms with E-state index in [0.717, 1.165) is 11.3 Å². The zero-order valence-corrected chi connectivity index (χ0v) is 20.9. The first-order valence-corrected chi connectivity index (χ1v) is 11.7. The number of carboxylic acid groups (broad SMARTS) is 1. The second kappa shape index (κ2) is 11.6. The Bertz CT molecular complexity index is 1220. The summed E-state index contributed by atoms with van der Waals surface area (Å²) in [7, 11) is 4.69. The van der Waals surface area contributed by atoms with Gasteiger partial charge in [0.05, 0.1) is 33.5 Å². The predicted octanol–water partition coefficient (Wildman–Crippen LogP) is 4.42. The van der Waals surface area contributed by atoms with Crippen LogP contribution < -0.4 is 28.6 Å². The number of methoxy groups -OCH3 is 3. The zero-order chi connectivity index (χ0) is 26.4. The molecule has 1 unspecified atom stereocenters. The quantitative estimate of drug-likeness (QED) is 0.407. The molecule has 1 atom stereocenters. The molecular weight excluding hydrogens is 478 g/mol. The van der Waals surface area contributed by atoms with Crippen LogP contribution in [0.2, 0.25) is 0 Å². The van der Waals surface area contributed by atoms with E-state index in [-0.39, 0.29) is 17.4 Å². The van der Waals surface area contributed by atoms with Crippen LogP contribution in [0.3, 0.4) is 0 Å². The fraction of sp³-hybridized carbons (Fsp3) is 0.286. The van der Waals surface area contributed by atoms with Crippen molar-refractivity contribution in [3.8, 4) is 28.7 Å². The maximum atomic E-state index is 12.6. The number of hydrogen-bond donors (Lipinski definition) is 1. The molecule has 0 aromatic heterocycles. The van der Waals surface area contributed by atoms with Crippen molar-refractivity contribution in [2.24, 2.45) is 5.92 Å². The van der Waals surface area contributed by atoms with Gasteiger partial charge < -0.3 is 33.7 Å². The lowest BCUT2D eigenvalue weighted by molar-refractivity contribution is -0.117. The Morgan fingerprint density at radius 2 is 1.49 bits per heavy atom. The van der Waals surface area contributed by atoms with Crippen molar-refractivity contribution in [1.82, 2.24) is 0 Å². The molecule has 0 aliphatic carbocycles. The van der Waals surface area contributed by atoms with E-state index < -0.39 is 5.97 Å². The molecule has 0 bridgehead atoms. The molecule has 0 saturated carbocycles. The van der Waals surface area contributed by atoms with E-state index in [1.807, 2.05) is 36.4 Å². The van der Waals surface area contributed by atoms with Crippen LogP contribution in [0.15, 0.2) is 60.7 Å². The molecule has 4 rings (SSSR count). The van der Waals surface area contributed by atoms with Gasteiger partial charge in [0.1, 0.15) is 18.1 Å². The minimum Gasteiger partial charge on any atom is -0.493 e. The van der Waals surface area contributed by atoms with Crippen LogP contribution in [0.1, 0.15) is 22.3 Å². The highest BCUT2D eigenvalue weighted by Crippen LogP contribution is 2.38. The summed E-state index contributed by atoms with van der Waals surface area (Å²) < 4.78 is 27.8. The first-order chi connectivity index (χ1) is 17.9. The molecule has 1 heterocycles. The van der Waals surface area contributed by atoms with Gasteiger partial charge in [-0.25, -0.2) is 4.79 Å². The Morgan fingerprint density at radius 3 is 2.05 bits per heavy atom. The van der Waals surface area contributed by atoms with Gasteiger partial charge in [0.15, 0.2) is 11.5 Å². The summed E-state index contributed by atoms with van der Waals surface area (Å²) in [6, 6.07) is 17.3. The van der Waals surface area contributed by atoms with Crippen molar-refractivity contribution in [2.45, 2.75) is 13.0 Å². The molecule has 1 amide bonds. The summed E-state index contributed by atoms with van der Waals surface area (Å²) in [6.45, 7) is 1.20. The van der Waals surface area contributed by atoms with Gasteiger partial charge in [-0.2, -0.15) is 0 Å². The van der Waals surface area contributed by atoms with E-state index in [4.69, 9.17) is 28.8 Å². The number of carboxylic acids is 1. The van der Waals surface area contributed by atoms with Crippen LogP contribution in [0, 0.1) is 5.92 Å². The number of benzene rings is 3. The number of rotatable bonds is 11. The number of nitrogens with zero attached hydrogens (tertiary/aromatic N) is 1. The molecule has 37 heavy (non-hydrogen) atoms. The summed E-state index contributed by atoms with van der Waals surface area (Å²) in [5, 5.41) is 9.00. The number of carbonyl (C=O) groups excluding carboxylic acids is 1. The summed E-state index contributed by atoms with van der Waals surface area (Å²) in [5.41, 5.74) is 1.85. The second-order valence-electron chi connectivity index (χ2n) is 8.53. The van der Waals surface area contributed by atoms with Crippen LogP contribution in [0.4, 0.5) is 5.69 Å². The van der Waals surface area contributed by atoms with Crippen molar-refractivity contribution >= 4 is 17.6 Å². The van der Waals surface area contributed by atoms with Gasteiger partial charge in [0.25, 0.3) is 0 Å². The molecule has 9 heteroatoms. The second-order valence-corrected chi connectivity index (χ2v) is 8.53. The molecule has 1 aliphatic heterocycles. The molecule has 1 aliphatic rings. The Hall–Kier alpha value is -4.40. The average molecular weight is 508 g/mol. The Labute approximate surface area is 215 Å². The first-order valence-electron chi connectivity index (χ1n) is 11.7. The fourth-order valence-corrected chi connectivity index (χ4v) is 4.16. The minimum absolute atomic E-state index is 0.0286. The summed E-state index contributed by atoms with van der Waals surface area (Å²) in [6.07, 6.45) is 0.382. The molecule has 3 aromatic rings. The third-order valence-electron chi connectivity index (χ3n) is 6.07. The van der Waals surface area contributed by atoms with E-state index in [2.05, 4.69) is 0 Å². The molecule has 1 saturated heterocycles. The van der Waals surface area contributed by atoms with Crippen molar-refractivity contribution in [1.29, 1.82) is 0 Å². The predicted molar refractivity (Wildman–Crippen MR) is 136 cm³/mol. The maximum absolute atomic E-state index is 12.6. The molecule has 1 N–H and O–H groups in total. The lowest BCUT2D eigenvalue weighted by Crippen LogP contribution is -2.25. The highest BCUT2D eigenvalue weighted by molar-refractivity contribution is 5.95. The highest BCUT2D eigenvalue weighted by Gasteiger charge is 2.31. The number of hydrogen-bond acceptors (Lipinski definition) is 7. The molecular formula is C28H29NO8. The Balaban J connectivity index is 1.32. The van der Waals surface area contributed by atoms with Crippen molar-refractivity contribution in [3.05, 3.63) is 71.8 Å². The Kier molecular flexibility index (Phi) is 8.02. The van der Waals surface area contributed by atoms with Gasteiger partial charge in [-0.15, -0.1) is 0 Å². The van der Waals surface area contributed by atoms with Crippen LogP contribution in [0.25, 0.3) is 0 Å². The van der Waals surface area contributed by atoms with E-state index in [1.165, 1.54) is 12.1 Å². The largest absolute Gasteiger partial charge is 0.493 e. The molecule has 0 radical (unpaired) electrons. The fourth-order valence-electron chi connectivity index (χ4n) is 4.16. The first kappa shape index (κ1) is 25.7. The lowest BCUT2D eigenvalue weighted by Gasteiger charge is -2.18. The van der Waals surface area contributed by atoms with E-state index in [1.54, 1.807) is 38.4 Å². The highest BCUT2D eigenvalue weighted by atomic mass is 16.5. The van der Waals surface area contributed by atoms with E-state index >= 15 is 0 Å². The number of amides is 1. The number of anilines is 1. The minimum atomic E-state index is -0.985. The van der Waals surface area contributed by atoms with E-state index in [0.29, 0.717) is 54.9 Å². The smallest absolute Gasteiger partial charge is 0.335 e. The van der Waals surface area contributed by atoms with Crippen LogP contribution >= 0.6 is 0 Å². The van der Waals surface area contributed by atoms with Crippen molar-refractivity contribution < 1.29 is 38.4 Å². The molecule has 0 spiro atoms. The topological polar surface area (TPSA) is 104 Å². The number of ether oxygens (including phenoxy) is 5. The molecule has 9 nitrogen and oxygen atoms in total. The normalized spacial score (nSPS) is 14.8. The van der Waals surface area contributed by atoms with Gasteiger partial charge in [-0.1, -0.05) is 0 Å². The lowest BCUT2D eigenvalue weighted by atomic mass is 10.1. The van der Waals surface area contributed by atoms with Crippen LogP contribution in [-0.2, 0) is 11.4 Å². The molecule has 194 valence electrons. The standard InChI is InChI=1S/C28H29NO8/c1-33-24-12-18(13-25(34-2)27(24)35-3)16-36-23-10-6-21(7-11-23)29-15-19(14-26(29)30)17-37-22-8-4-20(5-9-22)28(31)32/h4-13,19H,14-17H2,1-3H3,(H,31,32). The third-order valence-corrected chi connectivity index (χ3v) is 6.07. The molecule has 1 fully saturated rings. The van der Waals surface area contributed by atoms with Gasteiger partial charge in [0, 0.05) is 24.6 Å². The van der Waals surface area contributed by atoms with Crippen molar-refractivity contribution in [2.75, 3.05) is 39.4 Å². The number of aromatic carboxylic acids is 1. The summed E-state index contributed by atoms with van der Waals surface area (Å²) in [5.74, 6) is 1.94. The average Bonchev–Trinajstić information content (AvgIpc) is 3.30. The van der Waals surface area contributed by atoms with Gasteiger partial charge in [-0.05, 0) is 66.2 Å². The Morgan fingerprint density at radius 1 is 0.892 bits per heavy atom. The van der Waals surface area contributed by atoms with Gasteiger partial charge >= 0.3 is 5.97 Å². The molecule has 3 aromatic carbocycles. The van der Waals surface area contributed by atoms with Gasteiger partial charge in [-0.3, -0.25) is 4.79 Å². The summed E-state index contributed by atoms with van der Waals surface area (Å²) >= 11 is 0. The maximum Gasteiger partial charge on any atom is 0.335 e. The van der Waals surface area contributed by atoms with Crippen LogP contribution in [0.5, 0.6) is 28.7 Å². The van der Waals surface area contributed by atoms with E-state index in [9.17, 15) is 9.59 Å². The zero-order valence-electron chi connectivity index (χ0n) is 20.9. The SMILES string of the molecule is COc1cc(COc2ccc(N3CC(COc4ccc(C(=O)O)cc4)CC3=O)cc2)cc(OC)c1OC. The van der Waals surface area contributed by atoms with Crippen molar-refractivity contribution in [3.63, 3.8) is 0 Å². The third kappa shape index (κ3) is 6.06. The van der Waals surface area contributed by atoms with Crippen LogP contribution in [-0.4, -0.2) is 51.5 Å².